The number of rotatable bonds is 6. The molecule has 4 heterocycles. The van der Waals surface area contributed by atoms with Crippen molar-refractivity contribution in [2.45, 2.75) is 11.9 Å². The molecule has 29 heavy (non-hydrogen) atoms. The number of nitriles is 1. The van der Waals surface area contributed by atoms with E-state index >= 15 is 0 Å². The van der Waals surface area contributed by atoms with Crippen LogP contribution in [-0.2, 0) is 4.79 Å². The van der Waals surface area contributed by atoms with Gasteiger partial charge in [-0.05, 0) is 35.9 Å². The summed E-state index contributed by atoms with van der Waals surface area (Å²) in [5.74, 6) is -0.0211. The molecule has 0 fully saturated rings. The van der Waals surface area contributed by atoms with Crippen molar-refractivity contribution in [3.63, 3.8) is 0 Å². The monoisotopic (exact) mass is 454 g/mol. The first-order valence-corrected chi connectivity index (χ1v) is 12.1. The van der Waals surface area contributed by atoms with E-state index in [-0.39, 0.29) is 11.7 Å². The fraction of sp³-hybridized carbons (Fsp3) is 0.100. The maximum atomic E-state index is 12.4. The first-order valence-electron chi connectivity index (χ1n) is 8.51. The molecule has 0 atom stereocenters. The van der Waals surface area contributed by atoms with Crippen LogP contribution in [0, 0.1) is 18.3 Å². The number of amides is 1. The van der Waals surface area contributed by atoms with E-state index in [2.05, 4.69) is 16.4 Å². The van der Waals surface area contributed by atoms with Crippen molar-refractivity contribution in [2.24, 2.45) is 0 Å². The van der Waals surface area contributed by atoms with Gasteiger partial charge in [0.15, 0.2) is 5.13 Å². The summed E-state index contributed by atoms with van der Waals surface area (Å²) in [6.07, 6.45) is 0. The first kappa shape index (κ1) is 19.8. The Balaban J connectivity index is 1.64. The molecule has 0 aliphatic rings. The van der Waals surface area contributed by atoms with Gasteiger partial charge in [0, 0.05) is 15.8 Å². The molecule has 4 aromatic heterocycles. The number of anilines is 1. The zero-order valence-electron chi connectivity index (χ0n) is 15.2. The Kier molecular flexibility index (Phi) is 6.06. The van der Waals surface area contributed by atoms with E-state index in [9.17, 15) is 10.1 Å². The van der Waals surface area contributed by atoms with Gasteiger partial charge in [-0.1, -0.05) is 23.9 Å². The molecule has 1 amide bonds. The smallest absolute Gasteiger partial charge is 0.236 e. The van der Waals surface area contributed by atoms with Gasteiger partial charge >= 0.3 is 0 Å². The molecule has 5 nitrogen and oxygen atoms in total. The lowest BCUT2D eigenvalue weighted by Crippen LogP contribution is -2.14. The summed E-state index contributed by atoms with van der Waals surface area (Å²) in [6, 6.07) is 12.2. The Morgan fingerprint density at radius 3 is 2.55 bits per heavy atom. The molecule has 0 saturated heterocycles. The van der Waals surface area contributed by atoms with Crippen molar-refractivity contribution >= 4 is 56.8 Å². The molecule has 0 unspecified atom stereocenters. The lowest BCUT2D eigenvalue weighted by atomic mass is 10.1. The van der Waals surface area contributed by atoms with Crippen molar-refractivity contribution in [3.05, 3.63) is 57.7 Å². The number of thiazole rings is 1. The molecule has 0 bridgehead atoms. The number of nitrogens with zero attached hydrogens (tertiary/aromatic N) is 3. The molecule has 0 aromatic carbocycles. The summed E-state index contributed by atoms with van der Waals surface area (Å²) in [4.78, 5) is 23.3. The maximum absolute atomic E-state index is 12.4. The molecule has 1 N–H and O–H groups in total. The molecule has 0 radical (unpaired) electrons. The number of aryl methyl sites for hydroxylation is 1. The van der Waals surface area contributed by atoms with Crippen LogP contribution in [0.15, 0.2) is 51.5 Å². The molecular formula is C20H14N4OS4. The summed E-state index contributed by atoms with van der Waals surface area (Å²) in [5.41, 5.74) is 3.02. The number of thioether (sulfide) groups is 1. The van der Waals surface area contributed by atoms with Crippen LogP contribution < -0.4 is 5.32 Å². The van der Waals surface area contributed by atoms with Crippen molar-refractivity contribution in [3.8, 4) is 27.1 Å². The van der Waals surface area contributed by atoms with E-state index in [0.717, 1.165) is 26.7 Å². The van der Waals surface area contributed by atoms with Crippen LogP contribution in [0.2, 0.25) is 0 Å². The van der Waals surface area contributed by atoms with Gasteiger partial charge in [0.05, 0.1) is 27.6 Å². The van der Waals surface area contributed by atoms with E-state index in [1.165, 1.54) is 23.1 Å². The number of nitrogens with one attached hydrogen (secondary N) is 1. The molecule has 4 rings (SSSR count). The predicted molar refractivity (Wildman–Crippen MR) is 122 cm³/mol. The first-order chi connectivity index (χ1) is 14.1. The number of aromatic nitrogens is 2. The molecule has 9 heteroatoms. The largest absolute Gasteiger partial charge is 0.301 e. The van der Waals surface area contributed by atoms with Crippen LogP contribution in [0.5, 0.6) is 0 Å². The maximum Gasteiger partial charge on any atom is 0.236 e. The minimum Gasteiger partial charge on any atom is -0.301 e. The summed E-state index contributed by atoms with van der Waals surface area (Å²) in [6.45, 7) is 1.88. The summed E-state index contributed by atoms with van der Waals surface area (Å²) < 4.78 is 0. The van der Waals surface area contributed by atoms with Crippen LogP contribution >= 0.6 is 45.8 Å². The Morgan fingerprint density at radius 1 is 1.17 bits per heavy atom. The van der Waals surface area contributed by atoms with Crippen molar-refractivity contribution in [1.82, 2.24) is 9.97 Å². The van der Waals surface area contributed by atoms with Crippen LogP contribution in [0.25, 0.3) is 21.0 Å². The molecule has 0 spiro atoms. The van der Waals surface area contributed by atoms with E-state index in [1.54, 1.807) is 22.7 Å². The average molecular weight is 455 g/mol. The Morgan fingerprint density at radius 2 is 1.93 bits per heavy atom. The van der Waals surface area contributed by atoms with Crippen LogP contribution in [0.4, 0.5) is 5.13 Å². The highest BCUT2D eigenvalue weighted by Crippen LogP contribution is 2.37. The summed E-state index contributed by atoms with van der Waals surface area (Å²) in [5, 5.41) is 19.6. The van der Waals surface area contributed by atoms with Crippen molar-refractivity contribution < 1.29 is 4.79 Å². The Bertz CT molecular complexity index is 1170. The van der Waals surface area contributed by atoms with Gasteiger partial charge in [0.25, 0.3) is 0 Å². The summed E-state index contributed by atoms with van der Waals surface area (Å²) >= 11 is 5.83. The quantitative estimate of drug-likeness (QED) is 0.367. The number of carbonyl (C=O) groups excluding carboxylic acids is 1. The van der Waals surface area contributed by atoms with Gasteiger partial charge in [-0.25, -0.2) is 9.97 Å². The van der Waals surface area contributed by atoms with E-state index in [0.29, 0.717) is 15.7 Å². The van der Waals surface area contributed by atoms with Crippen LogP contribution in [-0.4, -0.2) is 21.6 Å². The second-order valence-electron chi connectivity index (χ2n) is 5.93. The van der Waals surface area contributed by atoms with E-state index in [4.69, 9.17) is 4.98 Å². The second-order valence-corrected chi connectivity index (χ2v) is 9.65. The molecule has 0 aliphatic carbocycles. The van der Waals surface area contributed by atoms with Gasteiger partial charge in [0.1, 0.15) is 11.1 Å². The molecular weight excluding hydrogens is 441 g/mol. The highest BCUT2D eigenvalue weighted by Gasteiger charge is 2.18. The van der Waals surface area contributed by atoms with Gasteiger partial charge in [-0.3, -0.25) is 4.79 Å². The molecule has 144 valence electrons. The number of hydrogen-bond acceptors (Lipinski definition) is 8. The standard InChI is InChI=1S/C20H14N4OS4/c1-12-10-29-20(22-12)24-18(25)11-28-19-14(9-21)13(16-4-2-6-26-16)8-15(23-19)17-5-3-7-27-17/h2-8,10H,11H2,1H3,(H,22,24,25). The fourth-order valence-corrected chi connectivity index (χ4v) is 5.55. The molecule has 0 saturated carbocycles. The van der Waals surface area contributed by atoms with Crippen LogP contribution in [0.1, 0.15) is 11.3 Å². The third-order valence-electron chi connectivity index (χ3n) is 3.86. The summed E-state index contributed by atoms with van der Waals surface area (Å²) in [7, 11) is 0. The Hall–Kier alpha value is -2.51. The van der Waals surface area contributed by atoms with E-state index in [1.807, 2.05) is 53.4 Å². The molecule has 0 aliphatic heterocycles. The minimum atomic E-state index is -0.172. The predicted octanol–water partition coefficient (Wildman–Crippen LogP) is 5.91. The fourth-order valence-electron chi connectivity index (χ4n) is 2.61. The number of hydrogen-bond donors (Lipinski definition) is 1. The van der Waals surface area contributed by atoms with Gasteiger partial charge in [-0.2, -0.15) is 5.26 Å². The van der Waals surface area contributed by atoms with Crippen molar-refractivity contribution in [2.75, 3.05) is 11.1 Å². The Labute approximate surface area is 184 Å². The number of carbonyl (C=O) groups is 1. The normalized spacial score (nSPS) is 10.6. The second kappa shape index (κ2) is 8.88. The highest BCUT2D eigenvalue weighted by atomic mass is 32.2. The zero-order chi connectivity index (χ0) is 20.2. The highest BCUT2D eigenvalue weighted by molar-refractivity contribution is 8.00. The molecule has 4 aromatic rings. The van der Waals surface area contributed by atoms with Crippen molar-refractivity contribution in [1.29, 1.82) is 5.26 Å². The number of thiophene rings is 2. The van der Waals surface area contributed by atoms with Gasteiger partial charge < -0.3 is 5.32 Å². The third kappa shape index (κ3) is 4.57. The topological polar surface area (TPSA) is 78.7 Å². The van der Waals surface area contributed by atoms with Gasteiger partial charge in [-0.15, -0.1) is 34.0 Å². The van der Waals surface area contributed by atoms with Crippen LogP contribution in [0.3, 0.4) is 0 Å². The zero-order valence-corrected chi connectivity index (χ0v) is 18.5. The van der Waals surface area contributed by atoms with E-state index < -0.39 is 0 Å². The lowest BCUT2D eigenvalue weighted by Gasteiger charge is -2.10. The number of pyridine rings is 1. The lowest BCUT2D eigenvalue weighted by molar-refractivity contribution is -0.113. The SMILES string of the molecule is Cc1csc(NC(=O)CSc2nc(-c3cccs3)cc(-c3cccs3)c2C#N)n1. The van der Waals surface area contributed by atoms with Gasteiger partial charge in [0.2, 0.25) is 5.91 Å². The third-order valence-corrected chi connectivity index (χ3v) is 7.51. The minimum absolute atomic E-state index is 0.151. The average Bonchev–Trinajstić information content (AvgIpc) is 3.48.